The maximum atomic E-state index is 13.5. The highest BCUT2D eigenvalue weighted by Gasteiger charge is 2.35. The first kappa shape index (κ1) is 24.3. The Bertz CT molecular complexity index is 1170. The van der Waals surface area contributed by atoms with Crippen LogP contribution in [0.25, 0.3) is 0 Å². The summed E-state index contributed by atoms with van der Waals surface area (Å²) >= 11 is 5.83. The Labute approximate surface area is 192 Å². The van der Waals surface area contributed by atoms with Crippen molar-refractivity contribution < 1.29 is 31.9 Å². The minimum Gasteiger partial charge on any atom is -0.478 e. The first-order valence-electron chi connectivity index (χ1n) is 9.64. The van der Waals surface area contributed by atoms with Gasteiger partial charge in [0.15, 0.2) is 11.4 Å². The van der Waals surface area contributed by atoms with Gasteiger partial charge in [0.2, 0.25) is 0 Å². The molecule has 1 N–H and O–H groups in total. The molecule has 0 atom stereocenters. The van der Waals surface area contributed by atoms with Gasteiger partial charge < -0.3 is 10.1 Å². The van der Waals surface area contributed by atoms with Crippen LogP contribution in [0.2, 0.25) is 5.02 Å². The molecule has 0 aliphatic carbocycles. The second-order valence-electron chi connectivity index (χ2n) is 7.62. The highest BCUT2D eigenvalue weighted by atomic mass is 35.5. The summed E-state index contributed by atoms with van der Waals surface area (Å²) in [6.45, 7) is 2.84. The number of hydrogen-bond acceptors (Lipinski definition) is 3. The zero-order valence-electron chi connectivity index (χ0n) is 17.5. The van der Waals surface area contributed by atoms with Gasteiger partial charge in [0.25, 0.3) is 5.91 Å². The SMILES string of the molecule is CC(C)(Oc1ccc(C(=O)c2ccc(Cl)cc2)cc1)C(=O)Nc1ccc(F)c(C(F)(F)F)c1. The standard InChI is InChI=1S/C24H18ClF4NO3/c1-23(2,22(32)30-17-9-12-20(26)19(13-17)24(27,28)29)33-18-10-5-15(6-11-18)21(31)14-3-7-16(25)8-4-14/h3-13H,1-2H3,(H,30,32). The number of hydrogen-bond donors (Lipinski definition) is 1. The molecule has 1 amide bonds. The maximum absolute atomic E-state index is 13.5. The minimum atomic E-state index is -4.90. The van der Waals surface area contributed by atoms with E-state index in [-0.39, 0.29) is 17.2 Å². The van der Waals surface area contributed by atoms with Gasteiger partial charge in [0.1, 0.15) is 11.6 Å². The van der Waals surface area contributed by atoms with E-state index in [1.54, 1.807) is 24.3 Å². The molecule has 0 aromatic heterocycles. The Hall–Kier alpha value is -3.39. The van der Waals surface area contributed by atoms with Gasteiger partial charge in [-0.15, -0.1) is 0 Å². The van der Waals surface area contributed by atoms with Crippen LogP contribution in [0.1, 0.15) is 35.3 Å². The second-order valence-corrected chi connectivity index (χ2v) is 8.06. The molecule has 3 aromatic carbocycles. The van der Waals surface area contributed by atoms with Crippen molar-refractivity contribution in [2.24, 2.45) is 0 Å². The van der Waals surface area contributed by atoms with Crippen molar-refractivity contribution in [3.8, 4) is 5.75 Å². The zero-order chi connectivity index (χ0) is 24.4. The van der Waals surface area contributed by atoms with Crippen LogP contribution >= 0.6 is 11.6 Å². The van der Waals surface area contributed by atoms with Crippen LogP contribution in [-0.4, -0.2) is 17.3 Å². The van der Waals surface area contributed by atoms with Crippen LogP contribution in [-0.2, 0) is 11.0 Å². The topological polar surface area (TPSA) is 55.4 Å². The minimum absolute atomic E-state index is 0.227. The summed E-state index contributed by atoms with van der Waals surface area (Å²) in [6.07, 6.45) is -4.90. The predicted molar refractivity (Wildman–Crippen MR) is 116 cm³/mol. The fraction of sp³-hybridized carbons (Fsp3) is 0.167. The fourth-order valence-electron chi connectivity index (χ4n) is 2.89. The van der Waals surface area contributed by atoms with E-state index in [1.165, 1.54) is 38.1 Å². The molecule has 0 bridgehead atoms. The van der Waals surface area contributed by atoms with E-state index in [0.29, 0.717) is 28.3 Å². The Kier molecular flexibility index (Phi) is 6.78. The molecule has 0 saturated heterocycles. The Morgan fingerprint density at radius 3 is 1.97 bits per heavy atom. The smallest absolute Gasteiger partial charge is 0.419 e. The van der Waals surface area contributed by atoms with Crippen LogP contribution in [0.4, 0.5) is 23.2 Å². The number of benzene rings is 3. The first-order valence-corrected chi connectivity index (χ1v) is 10.0. The van der Waals surface area contributed by atoms with E-state index in [0.717, 1.165) is 6.07 Å². The average molecular weight is 480 g/mol. The number of halogens is 5. The van der Waals surface area contributed by atoms with Gasteiger partial charge in [-0.3, -0.25) is 9.59 Å². The lowest BCUT2D eigenvalue weighted by Crippen LogP contribution is -2.42. The van der Waals surface area contributed by atoms with Crippen molar-refractivity contribution in [3.05, 3.63) is 94.3 Å². The normalized spacial score (nSPS) is 11.7. The molecule has 0 heterocycles. The third-order valence-corrected chi connectivity index (χ3v) is 4.92. The predicted octanol–water partition coefficient (Wildman–Crippen LogP) is 6.53. The third-order valence-electron chi connectivity index (χ3n) is 4.67. The number of carbonyl (C=O) groups excluding carboxylic acids is 2. The van der Waals surface area contributed by atoms with Gasteiger partial charge in [-0.05, 0) is 80.6 Å². The Morgan fingerprint density at radius 1 is 0.879 bits per heavy atom. The summed E-state index contributed by atoms with van der Waals surface area (Å²) in [4.78, 5) is 25.1. The zero-order valence-corrected chi connectivity index (χ0v) is 18.2. The van der Waals surface area contributed by atoms with Gasteiger partial charge >= 0.3 is 6.18 Å². The summed E-state index contributed by atoms with van der Waals surface area (Å²) in [5.74, 6) is -2.15. The molecule has 33 heavy (non-hydrogen) atoms. The number of amides is 1. The number of ether oxygens (including phenoxy) is 1. The van der Waals surface area contributed by atoms with E-state index < -0.39 is 29.1 Å². The summed E-state index contributed by atoms with van der Waals surface area (Å²) in [5.41, 5.74) is -2.37. The molecule has 0 aliphatic heterocycles. The highest BCUT2D eigenvalue weighted by Crippen LogP contribution is 2.33. The van der Waals surface area contributed by atoms with E-state index in [9.17, 15) is 27.2 Å². The number of alkyl halides is 3. The summed E-state index contributed by atoms with van der Waals surface area (Å²) in [5, 5.41) is 2.81. The van der Waals surface area contributed by atoms with Gasteiger partial charge in [-0.1, -0.05) is 11.6 Å². The average Bonchev–Trinajstić information content (AvgIpc) is 2.74. The molecule has 0 spiro atoms. The third kappa shape index (κ3) is 5.90. The molecule has 0 aliphatic rings. The van der Waals surface area contributed by atoms with Crippen molar-refractivity contribution in [1.29, 1.82) is 0 Å². The number of rotatable bonds is 6. The summed E-state index contributed by atoms with van der Waals surface area (Å²) in [7, 11) is 0. The number of nitrogens with one attached hydrogen (secondary N) is 1. The van der Waals surface area contributed by atoms with E-state index in [4.69, 9.17) is 16.3 Å². The molecule has 3 aromatic rings. The Morgan fingerprint density at radius 2 is 1.42 bits per heavy atom. The number of carbonyl (C=O) groups is 2. The van der Waals surface area contributed by atoms with Crippen LogP contribution in [0, 0.1) is 5.82 Å². The van der Waals surface area contributed by atoms with E-state index >= 15 is 0 Å². The first-order chi connectivity index (χ1) is 15.4. The largest absolute Gasteiger partial charge is 0.478 e. The molecule has 172 valence electrons. The molecular weight excluding hydrogens is 462 g/mol. The lowest BCUT2D eigenvalue weighted by Gasteiger charge is -2.25. The van der Waals surface area contributed by atoms with Gasteiger partial charge in [0.05, 0.1) is 5.56 Å². The molecule has 3 rings (SSSR count). The second kappa shape index (κ2) is 9.23. The van der Waals surface area contributed by atoms with Crippen LogP contribution < -0.4 is 10.1 Å². The van der Waals surface area contributed by atoms with Crippen LogP contribution in [0.3, 0.4) is 0 Å². The lowest BCUT2D eigenvalue weighted by atomic mass is 10.0. The fourth-order valence-corrected chi connectivity index (χ4v) is 3.01. The van der Waals surface area contributed by atoms with E-state index in [1.807, 2.05) is 0 Å². The monoisotopic (exact) mass is 479 g/mol. The summed E-state index contributed by atoms with van der Waals surface area (Å²) < 4.78 is 57.8. The highest BCUT2D eigenvalue weighted by molar-refractivity contribution is 6.30. The maximum Gasteiger partial charge on any atom is 0.419 e. The van der Waals surface area contributed by atoms with Crippen LogP contribution in [0.5, 0.6) is 5.75 Å². The van der Waals surface area contributed by atoms with Gasteiger partial charge in [-0.2, -0.15) is 13.2 Å². The Balaban J connectivity index is 1.70. The molecule has 0 radical (unpaired) electrons. The lowest BCUT2D eigenvalue weighted by molar-refractivity contribution is -0.140. The number of anilines is 1. The quantitative estimate of drug-likeness (QED) is 0.323. The molecular formula is C24H18ClF4NO3. The van der Waals surface area contributed by atoms with Crippen molar-refractivity contribution >= 4 is 29.0 Å². The van der Waals surface area contributed by atoms with Crippen molar-refractivity contribution in [3.63, 3.8) is 0 Å². The van der Waals surface area contributed by atoms with Crippen molar-refractivity contribution in [2.45, 2.75) is 25.6 Å². The van der Waals surface area contributed by atoms with Crippen molar-refractivity contribution in [2.75, 3.05) is 5.32 Å². The van der Waals surface area contributed by atoms with Gasteiger partial charge in [-0.25, -0.2) is 4.39 Å². The van der Waals surface area contributed by atoms with E-state index in [2.05, 4.69) is 5.32 Å². The number of ketones is 1. The molecule has 0 saturated carbocycles. The van der Waals surface area contributed by atoms with Crippen molar-refractivity contribution in [1.82, 2.24) is 0 Å². The molecule has 0 unspecified atom stereocenters. The van der Waals surface area contributed by atoms with Crippen LogP contribution in [0.15, 0.2) is 66.7 Å². The molecule has 4 nitrogen and oxygen atoms in total. The summed E-state index contributed by atoms with van der Waals surface area (Å²) in [6, 6.07) is 14.6. The molecule has 0 fully saturated rings. The van der Waals surface area contributed by atoms with Gasteiger partial charge in [0, 0.05) is 21.8 Å². The molecule has 9 heteroatoms.